The van der Waals surface area contributed by atoms with Gasteiger partial charge in [0.2, 0.25) is 0 Å². The number of hydrogen-bond acceptors (Lipinski definition) is 3. The summed E-state index contributed by atoms with van der Waals surface area (Å²) in [4.78, 5) is 11.0. The lowest BCUT2D eigenvalue weighted by atomic mass is 9.76. The second kappa shape index (κ2) is 9.44. The summed E-state index contributed by atoms with van der Waals surface area (Å²) in [6.45, 7) is 0. The predicted octanol–water partition coefficient (Wildman–Crippen LogP) is 5.00. The second-order valence-electron chi connectivity index (χ2n) is 9.26. The topological polar surface area (TPSA) is 66.8 Å². The van der Waals surface area contributed by atoms with Crippen LogP contribution >= 0.6 is 0 Å². The molecule has 0 radical (unpaired) electrons. The molecule has 0 spiro atoms. The summed E-state index contributed by atoms with van der Waals surface area (Å²) in [7, 11) is 0. The highest BCUT2D eigenvalue weighted by molar-refractivity contribution is 5.87. The van der Waals surface area contributed by atoms with E-state index < -0.39 is 5.97 Å². The van der Waals surface area contributed by atoms with Gasteiger partial charge in [-0.3, -0.25) is 0 Å². The van der Waals surface area contributed by atoms with Crippen LogP contribution < -0.4 is 0 Å². The van der Waals surface area contributed by atoms with Crippen LogP contribution in [0.4, 0.5) is 0 Å². The van der Waals surface area contributed by atoms with Gasteiger partial charge in [-0.15, -0.1) is 0 Å². The van der Waals surface area contributed by atoms with E-state index >= 15 is 0 Å². The normalized spacial score (nSPS) is 30.8. The highest BCUT2D eigenvalue weighted by atomic mass is 16.5. The van der Waals surface area contributed by atoms with Gasteiger partial charge in [0.05, 0.1) is 23.9 Å². The first-order chi connectivity index (χ1) is 14.1. The number of benzene rings is 1. The van der Waals surface area contributed by atoms with Gasteiger partial charge in [-0.25, -0.2) is 4.79 Å². The van der Waals surface area contributed by atoms with Gasteiger partial charge in [-0.1, -0.05) is 56.4 Å². The molecule has 2 saturated heterocycles. The monoisotopic (exact) mass is 398 g/mol. The molecule has 4 nitrogen and oxygen atoms in total. The Hall–Kier alpha value is -1.65. The number of hydrogen-bond donors (Lipinski definition) is 2. The summed E-state index contributed by atoms with van der Waals surface area (Å²) in [6.07, 6.45) is 16.3. The Balaban J connectivity index is 1.32. The summed E-state index contributed by atoms with van der Waals surface area (Å²) in [5.41, 5.74) is 1.52. The molecule has 0 amide bonds. The molecule has 2 N–H and O–H groups in total. The Morgan fingerprint density at radius 2 is 1.79 bits per heavy atom. The summed E-state index contributed by atoms with van der Waals surface area (Å²) in [5.74, 6) is 0.693. The summed E-state index contributed by atoms with van der Waals surface area (Å²) in [6, 6.07) is 7.23. The summed E-state index contributed by atoms with van der Waals surface area (Å²) in [5, 5.41) is 19.6. The van der Waals surface area contributed by atoms with Gasteiger partial charge in [-0.2, -0.15) is 0 Å². The SMILES string of the molecule is O=C(O)c1ccc(CC[C@H]2[C@H](C=CC(O)CC3CCCCC3)[C@@H]3CC[C@H]2O3)cc1. The maximum Gasteiger partial charge on any atom is 0.335 e. The molecule has 0 aromatic heterocycles. The summed E-state index contributed by atoms with van der Waals surface area (Å²) >= 11 is 0. The minimum Gasteiger partial charge on any atom is -0.478 e. The number of aromatic carboxylic acids is 1. The smallest absolute Gasteiger partial charge is 0.335 e. The number of fused-ring (bicyclic) bond motifs is 2. The molecule has 158 valence electrons. The van der Waals surface area contributed by atoms with E-state index in [0.29, 0.717) is 35.5 Å². The molecule has 1 aromatic rings. The molecule has 1 aliphatic carbocycles. The third-order valence-electron chi connectivity index (χ3n) is 7.31. The number of rotatable bonds is 8. The fourth-order valence-electron chi connectivity index (χ4n) is 5.70. The second-order valence-corrected chi connectivity index (χ2v) is 9.26. The lowest BCUT2D eigenvalue weighted by molar-refractivity contribution is 0.0696. The lowest BCUT2D eigenvalue weighted by Gasteiger charge is -2.26. The van der Waals surface area contributed by atoms with Crippen LogP contribution in [0.5, 0.6) is 0 Å². The fourth-order valence-corrected chi connectivity index (χ4v) is 5.70. The highest BCUT2D eigenvalue weighted by Gasteiger charge is 2.47. The van der Waals surface area contributed by atoms with Gasteiger partial charge < -0.3 is 14.9 Å². The van der Waals surface area contributed by atoms with Gasteiger partial charge >= 0.3 is 5.97 Å². The Bertz CT molecular complexity index is 704. The third kappa shape index (κ3) is 5.10. The molecule has 1 aromatic carbocycles. The first kappa shape index (κ1) is 20.6. The Kier molecular flexibility index (Phi) is 6.71. The predicted molar refractivity (Wildman–Crippen MR) is 113 cm³/mol. The highest BCUT2D eigenvalue weighted by Crippen LogP contribution is 2.46. The molecule has 2 aliphatic heterocycles. The maximum atomic E-state index is 11.0. The molecule has 4 heteroatoms. The molecule has 2 bridgehead atoms. The first-order valence-corrected chi connectivity index (χ1v) is 11.4. The minimum atomic E-state index is -0.880. The van der Waals surface area contributed by atoms with E-state index in [1.807, 2.05) is 18.2 Å². The molecule has 5 atom stereocenters. The zero-order chi connectivity index (χ0) is 20.2. The van der Waals surface area contributed by atoms with Crippen molar-refractivity contribution in [2.45, 2.75) is 82.5 Å². The van der Waals surface area contributed by atoms with Gasteiger partial charge in [0.1, 0.15) is 0 Å². The molecule has 3 aliphatic rings. The number of aryl methyl sites for hydroxylation is 1. The van der Waals surface area contributed by atoms with E-state index in [9.17, 15) is 9.90 Å². The maximum absolute atomic E-state index is 11.0. The van der Waals surface area contributed by atoms with Crippen molar-refractivity contribution in [1.29, 1.82) is 0 Å². The molecule has 1 saturated carbocycles. The number of aliphatic hydroxyl groups excluding tert-OH is 1. The van der Waals surface area contributed by atoms with Crippen molar-refractivity contribution in [3.63, 3.8) is 0 Å². The van der Waals surface area contributed by atoms with E-state index in [2.05, 4.69) is 6.08 Å². The first-order valence-electron chi connectivity index (χ1n) is 11.4. The van der Waals surface area contributed by atoms with Crippen LogP contribution in [0.3, 0.4) is 0 Å². The Morgan fingerprint density at radius 1 is 1.07 bits per heavy atom. The van der Waals surface area contributed by atoms with Crippen LogP contribution in [-0.2, 0) is 11.2 Å². The molecule has 2 heterocycles. The molecule has 1 unspecified atom stereocenters. The van der Waals surface area contributed by atoms with Crippen molar-refractivity contribution in [1.82, 2.24) is 0 Å². The van der Waals surface area contributed by atoms with Crippen LogP contribution in [0.2, 0.25) is 0 Å². The van der Waals surface area contributed by atoms with Crippen molar-refractivity contribution >= 4 is 5.97 Å². The van der Waals surface area contributed by atoms with Crippen molar-refractivity contribution < 1.29 is 19.7 Å². The van der Waals surface area contributed by atoms with Crippen LogP contribution in [0.1, 0.15) is 73.7 Å². The average Bonchev–Trinajstić information content (AvgIpc) is 3.33. The van der Waals surface area contributed by atoms with Crippen molar-refractivity contribution in [3.8, 4) is 0 Å². The molecule has 3 fully saturated rings. The van der Waals surface area contributed by atoms with Crippen molar-refractivity contribution in [2.75, 3.05) is 0 Å². The molecular weight excluding hydrogens is 364 g/mol. The van der Waals surface area contributed by atoms with Crippen LogP contribution in [0.25, 0.3) is 0 Å². The van der Waals surface area contributed by atoms with Gasteiger partial charge in [0.25, 0.3) is 0 Å². The van der Waals surface area contributed by atoms with Crippen LogP contribution in [-0.4, -0.2) is 34.5 Å². The standard InChI is InChI=1S/C25H34O4/c26-20(16-18-4-2-1-3-5-18)11-13-22-21(23-14-15-24(22)29-23)12-8-17-6-9-19(10-7-17)25(27)28/h6-7,9-11,13,18,20-24,26H,1-5,8,12,14-16H2,(H,27,28)/t20?,21-,22-,23+,24-/m0/s1. The van der Waals surface area contributed by atoms with Gasteiger partial charge in [0.15, 0.2) is 0 Å². The zero-order valence-corrected chi connectivity index (χ0v) is 17.2. The Labute approximate surface area is 174 Å². The quantitative estimate of drug-likeness (QED) is 0.605. The van der Waals surface area contributed by atoms with E-state index in [4.69, 9.17) is 9.84 Å². The number of ether oxygens (including phenoxy) is 1. The summed E-state index contributed by atoms with van der Waals surface area (Å²) < 4.78 is 6.21. The number of carboxylic acids is 1. The van der Waals surface area contributed by atoms with Crippen molar-refractivity contribution in [2.24, 2.45) is 17.8 Å². The van der Waals surface area contributed by atoms with E-state index in [1.54, 1.807) is 12.1 Å². The lowest BCUT2D eigenvalue weighted by Crippen LogP contribution is -2.26. The number of aliphatic hydroxyl groups is 1. The van der Waals surface area contributed by atoms with Gasteiger partial charge in [0, 0.05) is 5.92 Å². The number of carboxylic acid groups (broad SMARTS) is 1. The van der Waals surface area contributed by atoms with E-state index in [1.165, 1.54) is 37.7 Å². The van der Waals surface area contributed by atoms with Crippen molar-refractivity contribution in [3.05, 3.63) is 47.5 Å². The molecular formula is C25H34O4. The largest absolute Gasteiger partial charge is 0.478 e. The average molecular weight is 399 g/mol. The fraction of sp³-hybridized carbons (Fsp3) is 0.640. The molecule has 29 heavy (non-hydrogen) atoms. The minimum absolute atomic E-state index is 0.303. The van der Waals surface area contributed by atoms with E-state index in [0.717, 1.165) is 32.1 Å². The van der Waals surface area contributed by atoms with Crippen LogP contribution in [0.15, 0.2) is 36.4 Å². The van der Waals surface area contributed by atoms with Gasteiger partial charge in [-0.05, 0) is 61.6 Å². The molecule has 4 rings (SSSR count). The number of carbonyl (C=O) groups is 1. The third-order valence-corrected chi connectivity index (χ3v) is 7.31. The zero-order valence-electron chi connectivity index (χ0n) is 17.2. The Morgan fingerprint density at radius 3 is 2.52 bits per heavy atom. The van der Waals surface area contributed by atoms with E-state index in [-0.39, 0.29) is 6.10 Å². The van der Waals surface area contributed by atoms with Crippen LogP contribution in [0, 0.1) is 17.8 Å².